The molecule has 0 aromatic carbocycles. The lowest BCUT2D eigenvalue weighted by atomic mass is 9.84. The van der Waals surface area contributed by atoms with Crippen LogP contribution in [0.5, 0.6) is 0 Å². The number of rotatable bonds is 6. The number of carbonyl (C=O) groups excluding carboxylic acids is 2. The summed E-state index contributed by atoms with van der Waals surface area (Å²) in [4.78, 5) is 23.7. The number of carbonyl (C=O) groups is 2. The third-order valence-electron chi connectivity index (χ3n) is 5.21. The predicted molar refractivity (Wildman–Crippen MR) is 82.2 cm³/mol. The van der Waals surface area contributed by atoms with Gasteiger partial charge in [-0.05, 0) is 56.1 Å². The normalized spacial score (nSPS) is 27.6. The van der Waals surface area contributed by atoms with E-state index >= 15 is 0 Å². The number of furan rings is 1. The van der Waals surface area contributed by atoms with Crippen molar-refractivity contribution >= 4 is 11.8 Å². The van der Waals surface area contributed by atoms with Crippen molar-refractivity contribution in [3.8, 4) is 0 Å². The first kappa shape index (κ1) is 15.1. The summed E-state index contributed by atoms with van der Waals surface area (Å²) in [6, 6.07) is 3.51. The first-order valence-electron chi connectivity index (χ1n) is 8.24. The van der Waals surface area contributed by atoms with Crippen molar-refractivity contribution in [2.75, 3.05) is 6.54 Å². The first-order chi connectivity index (χ1) is 10.6. The fraction of sp³-hybridized carbons (Fsp3) is 0.647. The highest BCUT2D eigenvalue weighted by molar-refractivity contribution is 5.91. The van der Waals surface area contributed by atoms with E-state index < -0.39 is 0 Å². The Bertz CT molecular complexity index is 526. The van der Waals surface area contributed by atoms with E-state index in [1.54, 1.807) is 12.1 Å². The Morgan fingerprint density at radius 2 is 2.23 bits per heavy atom. The molecule has 1 heterocycles. The zero-order valence-electron chi connectivity index (χ0n) is 13.0. The van der Waals surface area contributed by atoms with Gasteiger partial charge in [-0.15, -0.1) is 0 Å². The monoisotopic (exact) mass is 304 g/mol. The van der Waals surface area contributed by atoms with Crippen molar-refractivity contribution in [3.05, 3.63) is 24.2 Å². The van der Waals surface area contributed by atoms with Crippen LogP contribution in [0.4, 0.5) is 0 Å². The second kappa shape index (κ2) is 6.55. The van der Waals surface area contributed by atoms with Gasteiger partial charge in [0.15, 0.2) is 5.76 Å². The lowest BCUT2D eigenvalue weighted by molar-refractivity contribution is -0.122. The Labute approximate surface area is 130 Å². The number of fused-ring (bicyclic) bond motifs is 2. The average Bonchev–Trinajstić information content (AvgIpc) is 3.23. The van der Waals surface area contributed by atoms with Gasteiger partial charge >= 0.3 is 0 Å². The maximum absolute atomic E-state index is 12.0. The van der Waals surface area contributed by atoms with E-state index in [-0.39, 0.29) is 23.6 Å². The van der Waals surface area contributed by atoms with Crippen LogP contribution in [0.2, 0.25) is 0 Å². The Morgan fingerprint density at radius 1 is 1.36 bits per heavy atom. The van der Waals surface area contributed by atoms with Gasteiger partial charge in [0, 0.05) is 19.0 Å². The van der Waals surface area contributed by atoms with Gasteiger partial charge in [0.1, 0.15) is 0 Å². The molecule has 120 valence electrons. The number of nitrogens with one attached hydrogen (secondary N) is 2. The molecule has 0 unspecified atom stereocenters. The quantitative estimate of drug-likeness (QED) is 0.847. The SMILES string of the molecule is C[C@H](NC(=O)CCNC(=O)c1ccco1)[C@@H]1C[C@H]2CC[C@H]1C2. The van der Waals surface area contributed by atoms with Gasteiger partial charge in [-0.3, -0.25) is 9.59 Å². The lowest BCUT2D eigenvalue weighted by Gasteiger charge is -2.28. The standard InChI is InChI=1S/C17H24N2O3/c1-11(14-10-12-4-5-13(14)9-12)19-16(20)6-7-18-17(21)15-3-2-8-22-15/h2-3,8,11-14H,4-7,9-10H2,1H3,(H,18,21)(H,19,20)/t11-,12-,13-,14-/m0/s1. The third kappa shape index (κ3) is 3.34. The van der Waals surface area contributed by atoms with Crippen LogP contribution < -0.4 is 10.6 Å². The number of amides is 2. The van der Waals surface area contributed by atoms with E-state index in [2.05, 4.69) is 17.6 Å². The van der Waals surface area contributed by atoms with Gasteiger partial charge in [0.05, 0.1) is 6.26 Å². The zero-order valence-corrected chi connectivity index (χ0v) is 13.0. The molecular formula is C17H24N2O3. The second-order valence-corrected chi connectivity index (χ2v) is 6.68. The van der Waals surface area contributed by atoms with Crippen LogP contribution in [-0.2, 0) is 4.79 Å². The molecule has 0 radical (unpaired) electrons. The summed E-state index contributed by atoms with van der Waals surface area (Å²) in [5, 5.41) is 5.79. The molecule has 2 saturated carbocycles. The Hall–Kier alpha value is -1.78. The van der Waals surface area contributed by atoms with Crippen molar-refractivity contribution in [2.24, 2.45) is 17.8 Å². The predicted octanol–water partition coefficient (Wildman–Crippen LogP) is 2.34. The largest absolute Gasteiger partial charge is 0.459 e. The van der Waals surface area contributed by atoms with Crippen LogP contribution in [0, 0.1) is 17.8 Å². The van der Waals surface area contributed by atoms with Crippen LogP contribution in [0.25, 0.3) is 0 Å². The third-order valence-corrected chi connectivity index (χ3v) is 5.21. The molecule has 5 nitrogen and oxygen atoms in total. The highest BCUT2D eigenvalue weighted by Crippen LogP contribution is 2.49. The van der Waals surface area contributed by atoms with Gasteiger partial charge in [-0.1, -0.05) is 6.42 Å². The summed E-state index contributed by atoms with van der Waals surface area (Å²) in [7, 11) is 0. The van der Waals surface area contributed by atoms with Crippen LogP contribution in [-0.4, -0.2) is 24.4 Å². The van der Waals surface area contributed by atoms with Crippen molar-refractivity contribution < 1.29 is 14.0 Å². The maximum Gasteiger partial charge on any atom is 0.286 e. The van der Waals surface area contributed by atoms with Gasteiger partial charge in [0.25, 0.3) is 5.91 Å². The molecule has 1 aromatic rings. The van der Waals surface area contributed by atoms with E-state index in [0.717, 1.165) is 11.8 Å². The molecule has 2 aliphatic rings. The van der Waals surface area contributed by atoms with E-state index in [4.69, 9.17) is 4.42 Å². The molecule has 3 rings (SSSR count). The smallest absolute Gasteiger partial charge is 0.286 e. The highest BCUT2D eigenvalue weighted by atomic mass is 16.3. The van der Waals surface area contributed by atoms with Crippen LogP contribution >= 0.6 is 0 Å². The Kier molecular flexibility index (Phi) is 4.50. The van der Waals surface area contributed by atoms with E-state index in [1.807, 2.05) is 0 Å². The maximum atomic E-state index is 12.0. The van der Waals surface area contributed by atoms with Crippen LogP contribution in [0.1, 0.15) is 49.6 Å². The average molecular weight is 304 g/mol. The first-order valence-corrected chi connectivity index (χ1v) is 8.24. The van der Waals surface area contributed by atoms with Gasteiger partial charge in [-0.2, -0.15) is 0 Å². The molecule has 0 aliphatic heterocycles. The molecular weight excluding hydrogens is 280 g/mol. The van der Waals surface area contributed by atoms with Crippen LogP contribution in [0.15, 0.2) is 22.8 Å². The summed E-state index contributed by atoms with van der Waals surface area (Å²) in [6.45, 7) is 2.44. The van der Waals surface area contributed by atoms with Gasteiger partial charge < -0.3 is 15.1 Å². The van der Waals surface area contributed by atoms with Crippen molar-refractivity contribution in [1.29, 1.82) is 0 Å². The molecule has 0 saturated heterocycles. The highest BCUT2D eigenvalue weighted by Gasteiger charge is 2.42. The fourth-order valence-corrected chi connectivity index (χ4v) is 4.12. The molecule has 2 amide bonds. The van der Waals surface area contributed by atoms with E-state index in [9.17, 15) is 9.59 Å². The van der Waals surface area contributed by atoms with E-state index in [0.29, 0.717) is 18.9 Å². The van der Waals surface area contributed by atoms with Gasteiger partial charge in [0.2, 0.25) is 5.91 Å². The van der Waals surface area contributed by atoms with Crippen molar-refractivity contribution in [1.82, 2.24) is 10.6 Å². The summed E-state index contributed by atoms with van der Waals surface area (Å²) >= 11 is 0. The minimum atomic E-state index is -0.279. The lowest BCUT2D eigenvalue weighted by Crippen LogP contribution is -2.41. The molecule has 5 heteroatoms. The summed E-state index contributed by atoms with van der Waals surface area (Å²) in [6.07, 6.45) is 7.08. The Morgan fingerprint density at radius 3 is 2.86 bits per heavy atom. The molecule has 2 fully saturated rings. The molecule has 22 heavy (non-hydrogen) atoms. The molecule has 4 atom stereocenters. The molecule has 2 bridgehead atoms. The zero-order chi connectivity index (χ0) is 15.5. The Balaban J connectivity index is 1.36. The summed E-state index contributed by atoms with van der Waals surface area (Å²) in [5.74, 6) is 2.34. The molecule has 0 spiro atoms. The summed E-state index contributed by atoms with van der Waals surface area (Å²) < 4.78 is 5.00. The fourth-order valence-electron chi connectivity index (χ4n) is 4.12. The second-order valence-electron chi connectivity index (χ2n) is 6.68. The van der Waals surface area contributed by atoms with Gasteiger partial charge in [-0.25, -0.2) is 0 Å². The van der Waals surface area contributed by atoms with Crippen molar-refractivity contribution in [3.63, 3.8) is 0 Å². The topological polar surface area (TPSA) is 71.3 Å². The van der Waals surface area contributed by atoms with E-state index in [1.165, 1.54) is 31.9 Å². The number of hydrogen-bond donors (Lipinski definition) is 2. The number of hydrogen-bond acceptors (Lipinski definition) is 3. The van der Waals surface area contributed by atoms with Crippen molar-refractivity contribution in [2.45, 2.75) is 45.1 Å². The molecule has 2 N–H and O–H groups in total. The van der Waals surface area contributed by atoms with Crippen LogP contribution in [0.3, 0.4) is 0 Å². The minimum absolute atomic E-state index is 0.00928. The molecule has 2 aliphatic carbocycles. The minimum Gasteiger partial charge on any atom is -0.459 e. The molecule has 1 aromatic heterocycles. The summed E-state index contributed by atoms with van der Waals surface area (Å²) in [5.41, 5.74) is 0.